The maximum absolute atomic E-state index is 13.2. The molecule has 1 unspecified atom stereocenters. The summed E-state index contributed by atoms with van der Waals surface area (Å²) in [6.45, 7) is 2.56. The molecule has 1 aromatic carbocycles. The SMILES string of the molecule is CC(=O)NCC(Cc1cccc(F)c1)N1CCCC1=O. The molecule has 108 valence electrons. The molecule has 2 amide bonds. The fourth-order valence-corrected chi connectivity index (χ4v) is 2.55. The number of hydrogen-bond donors (Lipinski definition) is 1. The molecule has 0 spiro atoms. The summed E-state index contributed by atoms with van der Waals surface area (Å²) in [4.78, 5) is 24.7. The van der Waals surface area contributed by atoms with Crippen molar-refractivity contribution < 1.29 is 14.0 Å². The van der Waals surface area contributed by atoms with Crippen LogP contribution in [0.1, 0.15) is 25.3 Å². The number of hydrogen-bond acceptors (Lipinski definition) is 2. The van der Waals surface area contributed by atoms with Crippen molar-refractivity contribution in [1.29, 1.82) is 0 Å². The maximum atomic E-state index is 13.2. The van der Waals surface area contributed by atoms with Gasteiger partial charge in [0.25, 0.3) is 0 Å². The predicted molar refractivity (Wildman–Crippen MR) is 73.5 cm³/mol. The first kappa shape index (κ1) is 14.5. The van der Waals surface area contributed by atoms with E-state index in [-0.39, 0.29) is 23.7 Å². The van der Waals surface area contributed by atoms with Crippen molar-refractivity contribution in [2.45, 2.75) is 32.2 Å². The Bertz CT molecular complexity index is 504. The summed E-state index contributed by atoms with van der Waals surface area (Å²) in [6.07, 6.45) is 1.95. The Morgan fingerprint density at radius 1 is 1.50 bits per heavy atom. The molecule has 20 heavy (non-hydrogen) atoms. The fraction of sp³-hybridized carbons (Fsp3) is 0.467. The molecule has 0 aliphatic carbocycles. The van der Waals surface area contributed by atoms with E-state index in [4.69, 9.17) is 0 Å². The molecule has 0 saturated carbocycles. The standard InChI is InChI=1S/C15H19FN2O2/c1-11(19)17-10-14(18-7-3-6-15(18)20)9-12-4-2-5-13(16)8-12/h2,4-5,8,14H,3,6-7,9-10H2,1H3,(H,17,19). The van der Waals surface area contributed by atoms with Crippen LogP contribution in [0, 0.1) is 5.82 Å². The van der Waals surface area contributed by atoms with Gasteiger partial charge in [-0.2, -0.15) is 0 Å². The first-order valence-electron chi connectivity index (χ1n) is 6.84. The van der Waals surface area contributed by atoms with Crippen LogP contribution in [0.4, 0.5) is 4.39 Å². The lowest BCUT2D eigenvalue weighted by Crippen LogP contribution is -2.45. The number of carbonyl (C=O) groups excluding carboxylic acids is 2. The first-order valence-corrected chi connectivity index (χ1v) is 6.84. The smallest absolute Gasteiger partial charge is 0.222 e. The average Bonchev–Trinajstić information content (AvgIpc) is 2.80. The lowest BCUT2D eigenvalue weighted by Gasteiger charge is -2.28. The largest absolute Gasteiger partial charge is 0.354 e. The third-order valence-corrected chi connectivity index (χ3v) is 3.50. The number of benzene rings is 1. The third kappa shape index (κ3) is 3.79. The molecule has 2 rings (SSSR count). The Labute approximate surface area is 118 Å². The first-order chi connectivity index (χ1) is 9.56. The van der Waals surface area contributed by atoms with Gasteiger partial charge in [0.15, 0.2) is 0 Å². The summed E-state index contributed by atoms with van der Waals surface area (Å²) >= 11 is 0. The van der Waals surface area contributed by atoms with Crippen molar-refractivity contribution in [3.63, 3.8) is 0 Å². The number of nitrogens with zero attached hydrogens (tertiary/aromatic N) is 1. The van der Waals surface area contributed by atoms with Crippen LogP contribution < -0.4 is 5.32 Å². The lowest BCUT2D eigenvalue weighted by molar-refractivity contribution is -0.130. The predicted octanol–water partition coefficient (Wildman–Crippen LogP) is 1.50. The molecule has 0 bridgehead atoms. The summed E-state index contributed by atoms with van der Waals surface area (Å²) in [7, 11) is 0. The Morgan fingerprint density at radius 2 is 2.30 bits per heavy atom. The van der Waals surface area contributed by atoms with E-state index >= 15 is 0 Å². The summed E-state index contributed by atoms with van der Waals surface area (Å²) in [6, 6.07) is 6.25. The van der Waals surface area contributed by atoms with Crippen LogP contribution in [0.2, 0.25) is 0 Å². The van der Waals surface area contributed by atoms with Crippen LogP contribution in [0.3, 0.4) is 0 Å². The minimum absolute atomic E-state index is 0.108. The van der Waals surface area contributed by atoms with Crippen molar-refractivity contribution in [2.75, 3.05) is 13.1 Å². The number of rotatable bonds is 5. The van der Waals surface area contributed by atoms with E-state index in [0.717, 1.165) is 12.0 Å². The molecule has 0 aromatic heterocycles. The van der Waals surface area contributed by atoms with Gasteiger partial charge in [-0.05, 0) is 30.5 Å². The Balaban J connectivity index is 2.09. The zero-order chi connectivity index (χ0) is 14.5. The molecule has 1 heterocycles. The molecule has 1 aliphatic heterocycles. The highest BCUT2D eigenvalue weighted by atomic mass is 19.1. The highest BCUT2D eigenvalue weighted by Crippen LogP contribution is 2.17. The van der Waals surface area contributed by atoms with Gasteiger partial charge in [0, 0.05) is 26.4 Å². The molecular formula is C15H19FN2O2. The number of halogens is 1. The van der Waals surface area contributed by atoms with Crippen LogP contribution in [-0.2, 0) is 16.0 Å². The second-order valence-electron chi connectivity index (χ2n) is 5.12. The molecule has 0 radical (unpaired) electrons. The van der Waals surface area contributed by atoms with Gasteiger partial charge in [0.1, 0.15) is 5.82 Å². The second kappa shape index (κ2) is 6.50. The van der Waals surface area contributed by atoms with Crippen molar-refractivity contribution >= 4 is 11.8 Å². The van der Waals surface area contributed by atoms with E-state index in [0.29, 0.717) is 25.9 Å². The van der Waals surface area contributed by atoms with Gasteiger partial charge in [-0.3, -0.25) is 9.59 Å². The zero-order valence-electron chi connectivity index (χ0n) is 11.6. The molecule has 1 N–H and O–H groups in total. The number of amides is 2. The highest BCUT2D eigenvalue weighted by Gasteiger charge is 2.28. The van der Waals surface area contributed by atoms with Gasteiger partial charge in [-0.15, -0.1) is 0 Å². The van der Waals surface area contributed by atoms with Crippen molar-refractivity contribution in [2.24, 2.45) is 0 Å². The molecule has 4 nitrogen and oxygen atoms in total. The van der Waals surface area contributed by atoms with E-state index in [1.54, 1.807) is 11.0 Å². The Hall–Kier alpha value is -1.91. The number of likely N-dealkylation sites (tertiary alicyclic amines) is 1. The Kier molecular flexibility index (Phi) is 4.71. The molecule has 1 saturated heterocycles. The fourth-order valence-electron chi connectivity index (χ4n) is 2.55. The van der Waals surface area contributed by atoms with E-state index < -0.39 is 0 Å². The number of nitrogens with one attached hydrogen (secondary N) is 1. The maximum Gasteiger partial charge on any atom is 0.222 e. The van der Waals surface area contributed by atoms with Crippen molar-refractivity contribution in [3.8, 4) is 0 Å². The van der Waals surface area contributed by atoms with Gasteiger partial charge in [0.05, 0.1) is 6.04 Å². The normalized spacial score (nSPS) is 16.3. The zero-order valence-corrected chi connectivity index (χ0v) is 11.6. The van der Waals surface area contributed by atoms with Gasteiger partial charge >= 0.3 is 0 Å². The molecular weight excluding hydrogens is 259 g/mol. The monoisotopic (exact) mass is 278 g/mol. The van der Waals surface area contributed by atoms with Gasteiger partial charge in [0.2, 0.25) is 11.8 Å². The minimum atomic E-state index is -0.284. The molecule has 1 atom stereocenters. The minimum Gasteiger partial charge on any atom is -0.354 e. The van der Waals surface area contributed by atoms with E-state index in [1.165, 1.54) is 19.1 Å². The lowest BCUT2D eigenvalue weighted by atomic mass is 10.0. The summed E-state index contributed by atoms with van der Waals surface area (Å²) < 4.78 is 13.2. The highest BCUT2D eigenvalue weighted by molar-refractivity contribution is 5.78. The average molecular weight is 278 g/mol. The van der Waals surface area contributed by atoms with E-state index in [9.17, 15) is 14.0 Å². The van der Waals surface area contributed by atoms with Crippen molar-refractivity contribution in [1.82, 2.24) is 10.2 Å². The topological polar surface area (TPSA) is 49.4 Å². The summed E-state index contributed by atoms with van der Waals surface area (Å²) in [5.41, 5.74) is 0.833. The van der Waals surface area contributed by atoms with E-state index in [1.807, 2.05) is 6.07 Å². The summed E-state index contributed by atoms with van der Waals surface area (Å²) in [5, 5.41) is 2.75. The number of carbonyl (C=O) groups is 2. The van der Waals surface area contributed by atoms with Crippen LogP contribution in [-0.4, -0.2) is 35.8 Å². The van der Waals surface area contributed by atoms with Crippen LogP contribution in [0.15, 0.2) is 24.3 Å². The van der Waals surface area contributed by atoms with Crippen LogP contribution in [0.25, 0.3) is 0 Å². The molecule has 5 heteroatoms. The quantitative estimate of drug-likeness (QED) is 0.887. The van der Waals surface area contributed by atoms with Gasteiger partial charge in [-0.1, -0.05) is 12.1 Å². The molecule has 1 aromatic rings. The second-order valence-corrected chi connectivity index (χ2v) is 5.12. The molecule has 1 fully saturated rings. The summed E-state index contributed by atoms with van der Waals surface area (Å²) in [5.74, 6) is -0.300. The van der Waals surface area contributed by atoms with E-state index in [2.05, 4.69) is 5.32 Å². The van der Waals surface area contributed by atoms with Crippen LogP contribution >= 0.6 is 0 Å². The van der Waals surface area contributed by atoms with Crippen molar-refractivity contribution in [3.05, 3.63) is 35.6 Å². The third-order valence-electron chi connectivity index (χ3n) is 3.50. The molecule has 1 aliphatic rings. The van der Waals surface area contributed by atoms with Crippen LogP contribution in [0.5, 0.6) is 0 Å². The van der Waals surface area contributed by atoms with Gasteiger partial charge in [-0.25, -0.2) is 4.39 Å². The Morgan fingerprint density at radius 3 is 2.90 bits per heavy atom. The van der Waals surface area contributed by atoms with Gasteiger partial charge < -0.3 is 10.2 Å².